The second-order valence-corrected chi connectivity index (χ2v) is 14.2. The minimum atomic E-state index is -4.33. The number of nitrogens with zero attached hydrogens (tertiary/aromatic N) is 2. The fourth-order valence-corrected chi connectivity index (χ4v) is 6.94. The van der Waals surface area contributed by atoms with Gasteiger partial charge in [0.1, 0.15) is 12.6 Å². The van der Waals surface area contributed by atoms with Crippen LogP contribution in [-0.4, -0.2) is 43.8 Å². The van der Waals surface area contributed by atoms with Crippen LogP contribution in [0.4, 0.5) is 5.69 Å². The van der Waals surface area contributed by atoms with Gasteiger partial charge in [-0.05, 0) is 66.9 Å². The van der Waals surface area contributed by atoms with E-state index in [1.165, 1.54) is 35.2 Å². The van der Waals surface area contributed by atoms with Gasteiger partial charge in [-0.15, -0.1) is 0 Å². The molecule has 0 aromatic heterocycles. The van der Waals surface area contributed by atoms with Crippen molar-refractivity contribution in [3.63, 3.8) is 0 Å². The van der Waals surface area contributed by atoms with Crippen LogP contribution in [0.3, 0.4) is 0 Å². The third-order valence-corrected chi connectivity index (χ3v) is 10.5. The van der Waals surface area contributed by atoms with Crippen molar-refractivity contribution in [1.29, 1.82) is 0 Å². The highest BCUT2D eigenvalue weighted by Crippen LogP contribution is 2.33. The van der Waals surface area contributed by atoms with E-state index in [9.17, 15) is 18.0 Å². The van der Waals surface area contributed by atoms with Gasteiger partial charge in [0.15, 0.2) is 0 Å². The van der Waals surface area contributed by atoms with Gasteiger partial charge in [0, 0.05) is 24.0 Å². The van der Waals surface area contributed by atoms with Crippen molar-refractivity contribution in [2.75, 3.05) is 10.8 Å². The molecular weight excluding hydrogens is 688 g/mol. The molecule has 0 saturated heterocycles. The first kappa shape index (κ1) is 35.6. The molecule has 2 amide bonds. The van der Waals surface area contributed by atoms with Crippen LogP contribution in [0.15, 0.2) is 102 Å². The molecule has 1 N–H and O–H groups in total. The van der Waals surface area contributed by atoms with E-state index in [4.69, 9.17) is 46.4 Å². The Hall–Kier alpha value is -3.27. The number of hydrogen-bond acceptors (Lipinski definition) is 4. The van der Waals surface area contributed by atoms with Crippen molar-refractivity contribution in [3.05, 3.63) is 128 Å². The van der Waals surface area contributed by atoms with Gasteiger partial charge in [0.2, 0.25) is 11.8 Å². The summed E-state index contributed by atoms with van der Waals surface area (Å²) in [4.78, 5) is 29.8. The Morgan fingerprint density at radius 3 is 2.04 bits per heavy atom. The van der Waals surface area contributed by atoms with Gasteiger partial charge in [-0.1, -0.05) is 108 Å². The highest BCUT2D eigenvalue weighted by molar-refractivity contribution is 7.92. The lowest BCUT2D eigenvalue weighted by Gasteiger charge is -2.34. The van der Waals surface area contributed by atoms with E-state index in [-0.39, 0.29) is 50.6 Å². The molecule has 4 rings (SSSR count). The van der Waals surface area contributed by atoms with E-state index in [1.54, 1.807) is 36.4 Å². The third kappa shape index (κ3) is 8.96. The van der Waals surface area contributed by atoms with E-state index in [0.717, 1.165) is 9.87 Å². The molecule has 0 spiro atoms. The zero-order valence-electron chi connectivity index (χ0n) is 25.2. The number of halogens is 4. The number of sulfonamides is 1. The number of carbonyl (C=O) groups excluding carboxylic acids is 2. The molecule has 2 atom stereocenters. The number of amides is 2. The number of benzene rings is 4. The smallest absolute Gasteiger partial charge is 0.264 e. The normalized spacial score (nSPS) is 12.7. The molecule has 0 aliphatic carbocycles. The summed E-state index contributed by atoms with van der Waals surface area (Å²) in [5.74, 6) is -1.04. The second kappa shape index (κ2) is 16.0. The molecule has 0 bridgehead atoms. The average Bonchev–Trinajstić information content (AvgIpc) is 3.05. The van der Waals surface area contributed by atoms with Gasteiger partial charge in [-0.3, -0.25) is 13.9 Å². The summed E-state index contributed by atoms with van der Waals surface area (Å²) >= 11 is 25.3. The van der Waals surface area contributed by atoms with Gasteiger partial charge < -0.3 is 10.2 Å². The van der Waals surface area contributed by atoms with Crippen molar-refractivity contribution in [3.8, 4) is 0 Å². The molecule has 0 radical (unpaired) electrons. The molecule has 0 aliphatic heterocycles. The highest BCUT2D eigenvalue weighted by Gasteiger charge is 2.35. The topological polar surface area (TPSA) is 86.8 Å². The number of nitrogens with one attached hydrogen (secondary N) is 1. The van der Waals surface area contributed by atoms with Crippen LogP contribution < -0.4 is 9.62 Å². The molecule has 4 aromatic rings. The Morgan fingerprint density at radius 1 is 0.783 bits per heavy atom. The van der Waals surface area contributed by atoms with Crippen molar-refractivity contribution in [1.82, 2.24) is 10.2 Å². The van der Waals surface area contributed by atoms with E-state index >= 15 is 0 Å². The Balaban J connectivity index is 1.85. The minimum absolute atomic E-state index is 0.0181. The molecule has 7 nitrogen and oxygen atoms in total. The van der Waals surface area contributed by atoms with Crippen LogP contribution in [0.25, 0.3) is 0 Å². The summed E-state index contributed by atoms with van der Waals surface area (Å²) in [5.41, 5.74) is 1.42. The summed E-state index contributed by atoms with van der Waals surface area (Å²) < 4.78 is 29.2. The molecular formula is C34H33Cl4N3O4S. The van der Waals surface area contributed by atoms with Crippen molar-refractivity contribution < 1.29 is 18.0 Å². The molecule has 4 aromatic carbocycles. The molecule has 0 fully saturated rings. The summed E-state index contributed by atoms with van der Waals surface area (Å²) in [6, 6.07) is 25.1. The van der Waals surface area contributed by atoms with Crippen LogP contribution in [0.1, 0.15) is 31.4 Å². The summed E-state index contributed by atoms with van der Waals surface area (Å²) in [6.07, 6.45) is 0.834. The van der Waals surface area contributed by atoms with Crippen LogP contribution in [-0.2, 0) is 32.6 Å². The Bertz CT molecular complexity index is 1780. The molecule has 0 aliphatic rings. The standard InChI is InChI=1S/C34H33Cl4N3O4S/c1-3-23(2)39-34(43)32(19-24-10-6-4-7-11-24)40(21-25-14-16-28(36)30(38)18-25)33(42)22-41(31-20-26(35)15-17-29(31)37)46(44,45)27-12-8-5-9-13-27/h4-18,20,23,32H,3,19,21-22H2,1-2H3,(H,39,43)/t23-,32+/m1/s1. The lowest BCUT2D eigenvalue weighted by molar-refractivity contribution is -0.140. The van der Waals surface area contributed by atoms with E-state index < -0.39 is 28.5 Å². The highest BCUT2D eigenvalue weighted by atomic mass is 35.5. The third-order valence-electron chi connectivity index (χ3n) is 7.40. The number of hydrogen-bond donors (Lipinski definition) is 1. The zero-order valence-corrected chi connectivity index (χ0v) is 29.0. The summed E-state index contributed by atoms with van der Waals surface area (Å²) in [7, 11) is -4.33. The predicted molar refractivity (Wildman–Crippen MR) is 186 cm³/mol. The van der Waals surface area contributed by atoms with Crippen LogP contribution in [0.5, 0.6) is 0 Å². The second-order valence-electron chi connectivity index (χ2n) is 10.7. The van der Waals surface area contributed by atoms with E-state index in [1.807, 2.05) is 44.2 Å². The molecule has 0 heterocycles. The van der Waals surface area contributed by atoms with Crippen molar-refractivity contribution in [2.45, 2.75) is 50.2 Å². The number of rotatable bonds is 13. The Morgan fingerprint density at radius 2 is 1.41 bits per heavy atom. The first-order chi connectivity index (χ1) is 21.9. The van der Waals surface area contributed by atoms with Crippen molar-refractivity contribution in [2.24, 2.45) is 0 Å². The fourth-order valence-electron chi connectivity index (χ4n) is 4.74. The number of anilines is 1. The van der Waals surface area contributed by atoms with Gasteiger partial charge in [0.05, 0.1) is 25.7 Å². The van der Waals surface area contributed by atoms with Gasteiger partial charge in [-0.25, -0.2) is 8.42 Å². The van der Waals surface area contributed by atoms with E-state index in [0.29, 0.717) is 17.0 Å². The summed E-state index contributed by atoms with van der Waals surface area (Å²) in [6.45, 7) is 3.07. The molecule has 12 heteroatoms. The van der Waals surface area contributed by atoms with Crippen LogP contribution in [0.2, 0.25) is 20.1 Å². The lowest BCUT2D eigenvalue weighted by atomic mass is 10.0. The van der Waals surface area contributed by atoms with Gasteiger partial charge in [0.25, 0.3) is 10.0 Å². The lowest BCUT2D eigenvalue weighted by Crippen LogP contribution is -2.54. The molecule has 242 valence electrons. The maximum Gasteiger partial charge on any atom is 0.264 e. The van der Waals surface area contributed by atoms with Gasteiger partial charge >= 0.3 is 0 Å². The molecule has 0 saturated carbocycles. The molecule has 46 heavy (non-hydrogen) atoms. The quantitative estimate of drug-likeness (QED) is 0.152. The monoisotopic (exact) mass is 719 g/mol. The predicted octanol–water partition coefficient (Wildman–Crippen LogP) is 8.05. The van der Waals surface area contributed by atoms with Gasteiger partial charge in [-0.2, -0.15) is 0 Å². The van der Waals surface area contributed by atoms with E-state index in [2.05, 4.69) is 5.32 Å². The zero-order chi connectivity index (χ0) is 33.4. The van der Waals surface area contributed by atoms with Crippen LogP contribution in [0, 0.1) is 0 Å². The molecule has 0 unspecified atom stereocenters. The maximum atomic E-state index is 14.6. The first-order valence-corrected chi connectivity index (χ1v) is 17.5. The first-order valence-electron chi connectivity index (χ1n) is 14.5. The maximum absolute atomic E-state index is 14.6. The SMILES string of the molecule is CC[C@@H](C)NC(=O)[C@H](Cc1ccccc1)N(Cc1ccc(Cl)c(Cl)c1)C(=O)CN(c1cc(Cl)ccc1Cl)S(=O)(=O)c1ccccc1. The minimum Gasteiger partial charge on any atom is -0.352 e. The van der Waals surface area contributed by atoms with Crippen LogP contribution >= 0.6 is 46.4 Å². The van der Waals surface area contributed by atoms with Crippen molar-refractivity contribution >= 4 is 73.9 Å². The largest absolute Gasteiger partial charge is 0.352 e. The average molecular weight is 722 g/mol. The fraction of sp³-hybridized carbons (Fsp3) is 0.235. The number of carbonyl (C=O) groups is 2. The Kier molecular flexibility index (Phi) is 12.4. The Labute approximate surface area is 290 Å². The summed E-state index contributed by atoms with van der Waals surface area (Å²) in [5, 5.41) is 3.90.